The Kier molecular flexibility index (Phi) is 5.17. The van der Waals surface area contributed by atoms with Crippen molar-refractivity contribution in [1.29, 1.82) is 0 Å². The third kappa shape index (κ3) is 4.49. The summed E-state index contributed by atoms with van der Waals surface area (Å²) >= 11 is 0. The number of hydrogen-bond donors (Lipinski definition) is 1. The molecule has 1 saturated heterocycles. The van der Waals surface area contributed by atoms with Gasteiger partial charge in [0.05, 0.1) is 0 Å². The number of carbonyl (C=O) groups excluding carboxylic acids is 2. The molecule has 7 nitrogen and oxygen atoms in total. The normalized spacial score (nSPS) is 25.1. The van der Waals surface area contributed by atoms with Crippen molar-refractivity contribution in [3.05, 3.63) is 23.4 Å². The van der Waals surface area contributed by atoms with Gasteiger partial charge < -0.3 is 19.9 Å². The number of aliphatic imine (C=N–C) groups is 1. The zero-order valence-electron chi connectivity index (χ0n) is 17.7. The number of ether oxygens (including phenoxy) is 1. The summed E-state index contributed by atoms with van der Waals surface area (Å²) in [7, 11) is 0. The molecule has 3 amide bonds. The van der Waals surface area contributed by atoms with Crippen LogP contribution in [-0.2, 0) is 4.74 Å². The molecule has 1 saturated carbocycles. The van der Waals surface area contributed by atoms with Gasteiger partial charge in [-0.1, -0.05) is 0 Å². The first-order valence-corrected chi connectivity index (χ1v) is 10.7. The lowest BCUT2D eigenvalue weighted by Crippen LogP contribution is -2.43. The van der Waals surface area contributed by atoms with E-state index in [2.05, 4.69) is 10.3 Å². The van der Waals surface area contributed by atoms with Crippen LogP contribution in [0.2, 0.25) is 0 Å². The molecule has 29 heavy (non-hydrogen) atoms. The van der Waals surface area contributed by atoms with Crippen molar-refractivity contribution in [3.8, 4) is 0 Å². The lowest BCUT2D eigenvalue weighted by molar-refractivity contribution is 0.0165. The van der Waals surface area contributed by atoms with Crippen LogP contribution in [0, 0.1) is 11.3 Å². The van der Waals surface area contributed by atoms with Gasteiger partial charge in [-0.2, -0.15) is 0 Å². The van der Waals surface area contributed by atoms with E-state index >= 15 is 0 Å². The van der Waals surface area contributed by atoms with E-state index in [0.717, 1.165) is 45.3 Å². The number of rotatable bonds is 2. The summed E-state index contributed by atoms with van der Waals surface area (Å²) in [5.74, 6) is 0.521. The molecular weight excluding hydrogens is 368 g/mol. The fraction of sp³-hybridized carbons (Fsp3) is 0.682. The lowest BCUT2D eigenvalue weighted by atomic mass is 9.91. The van der Waals surface area contributed by atoms with E-state index in [-0.39, 0.29) is 12.1 Å². The predicted molar refractivity (Wildman–Crippen MR) is 112 cm³/mol. The molecule has 0 radical (unpaired) electrons. The Morgan fingerprint density at radius 2 is 2.00 bits per heavy atom. The number of likely N-dealkylation sites (tertiary alicyclic amines) is 1. The predicted octanol–water partition coefficient (Wildman–Crippen LogP) is 3.33. The Balaban J connectivity index is 1.19. The molecule has 1 spiro atoms. The molecule has 0 bridgehead atoms. The highest BCUT2D eigenvalue weighted by molar-refractivity contribution is 5.77. The smallest absolute Gasteiger partial charge is 0.410 e. The Hall–Kier alpha value is -2.31. The number of carbonyl (C=O) groups is 2. The SMILES string of the molecule is CC(C)(C)OC(=O)N1CCC2(CC1)CC2CNC(=O)N1CC2=C(CC=NC=C2)C1. The lowest BCUT2D eigenvalue weighted by Gasteiger charge is -2.34. The monoisotopic (exact) mass is 400 g/mol. The fourth-order valence-electron chi connectivity index (χ4n) is 4.69. The molecular formula is C22H32N4O3. The van der Waals surface area contributed by atoms with Crippen LogP contribution >= 0.6 is 0 Å². The van der Waals surface area contributed by atoms with Crippen LogP contribution in [0.5, 0.6) is 0 Å². The average Bonchev–Trinajstić information content (AvgIpc) is 3.25. The number of piperidine rings is 1. The molecule has 0 aromatic heterocycles. The molecule has 158 valence electrons. The minimum atomic E-state index is -0.454. The van der Waals surface area contributed by atoms with Crippen molar-refractivity contribution in [1.82, 2.24) is 15.1 Å². The second-order valence-electron chi connectivity index (χ2n) is 9.75. The number of hydrogen-bond acceptors (Lipinski definition) is 4. The summed E-state index contributed by atoms with van der Waals surface area (Å²) in [6.07, 6.45) is 9.47. The largest absolute Gasteiger partial charge is 0.444 e. The van der Waals surface area contributed by atoms with E-state index in [1.165, 1.54) is 11.1 Å². The highest BCUT2D eigenvalue weighted by atomic mass is 16.6. The van der Waals surface area contributed by atoms with Crippen LogP contribution in [0.4, 0.5) is 9.59 Å². The minimum Gasteiger partial charge on any atom is -0.444 e. The first kappa shape index (κ1) is 20.0. The van der Waals surface area contributed by atoms with Crippen LogP contribution in [0.25, 0.3) is 0 Å². The van der Waals surface area contributed by atoms with Crippen molar-refractivity contribution in [2.45, 2.75) is 52.1 Å². The first-order chi connectivity index (χ1) is 13.8. The molecule has 1 N–H and O–H groups in total. The van der Waals surface area contributed by atoms with Gasteiger partial charge in [0.2, 0.25) is 0 Å². The van der Waals surface area contributed by atoms with Crippen molar-refractivity contribution in [2.75, 3.05) is 32.7 Å². The Bertz CT molecular complexity index is 769. The van der Waals surface area contributed by atoms with Crippen LogP contribution in [-0.4, -0.2) is 66.5 Å². The summed E-state index contributed by atoms with van der Waals surface area (Å²) in [5.41, 5.74) is 2.35. The van der Waals surface area contributed by atoms with Gasteiger partial charge in [-0.3, -0.25) is 4.99 Å². The van der Waals surface area contributed by atoms with Crippen LogP contribution < -0.4 is 5.32 Å². The topological polar surface area (TPSA) is 74.2 Å². The maximum atomic E-state index is 12.6. The molecule has 4 rings (SSSR count). The minimum absolute atomic E-state index is 0.0247. The Morgan fingerprint density at radius 3 is 2.72 bits per heavy atom. The average molecular weight is 401 g/mol. The standard InChI is InChI=1S/C22H32N4O3/c1-21(2,3)29-20(28)25-10-6-22(7-11-25)12-18(22)13-24-19(27)26-14-16-4-8-23-9-5-17(16)15-26/h4,8-9,18H,5-7,10-15H2,1-3H3,(H,24,27). The number of amides is 3. The maximum absolute atomic E-state index is 12.6. The number of nitrogens with zero attached hydrogens (tertiary/aromatic N) is 3. The van der Waals surface area contributed by atoms with Crippen LogP contribution in [0.1, 0.15) is 46.5 Å². The Morgan fingerprint density at radius 1 is 1.24 bits per heavy atom. The van der Waals surface area contributed by atoms with Gasteiger partial charge in [-0.05, 0) is 68.6 Å². The fourth-order valence-corrected chi connectivity index (χ4v) is 4.69. The molecule has 3 heterocycles. The van der Waals surface area contributed by atoms with Crippen molar-refractivity contribution < 1.29 is 14.3 Å². The van der Waals surface area contributed by atoms with E-state index in [1.54, 1.807) is 6.20 Å². The molecule has 3 aliphatic heterocycles. The zero-order valence-corrected chi connectivity index (χ0v) is 17.7. The summed E-state index contributed by atoms with van der Waals surface area (Å²) in [5, 5.41) is 3.15. The van der Waals surface area contributed by atoms with Gasteiger partial charge in [-0.15, -0.1) is 0 Å². The van der Waals surface area contributed by atoms with Crippen molar-refractivity contribution in [2.24, 2.45) is 16.3 Å². The van der Waals surface area contributed by atoms with Gasteiger partial charge in [-0.25, -0.2) is 9.59 Å². The van der Waals surface area contributed by atoms with E-state index in [0.29, 0.717) is 24.4 Å². The summed E-state index contributed by atoms with van der Waals surface area (Å²) in [6.45, 7) is 9.27. The Labute approximate surface area is 172 Å². The molecule has 4 aliphatic rings. The van der Waals surface area contributed by atoms with Gasteiger partial charge in [0.1, 0.15) is 5.60 Å². The van der Waals surface area contributed by atoms with E-state index in [1.807, 2.05) is 42.9 Å². The second-order valence-corrected chi connectivity index (χ2v) is 9.75. The molecule has 0 aromatic carbocycles. The molecule has 7 heteroatoms. The quantitative estimate of drug-likeness (QED) is 0.773. The first-order valence-electron chi connectivity index (χ1n) is 10.7. The summed E-state index contributed by atoms with van der Waals surface area (Å²) in [6, 6.07) is 0.0247. The van der Waals surface area contributed by atoms with Crippen molar-refractivity contribution >= 4 is 18.3 Å². The highest BCUT2D eigenvalue weighted by Crippen LogP contribution is 2.59. The molecule has 1 aliphatic carbocycles. The molecule has 2 fully saturated rings. The third-order valence-corrected chi connectivity index (χ3v) is 6.56. The van der Waals surface area contributed by atoms with E-state index in [9.17, 15) is 9.59 Å². The van der Waals surface area contributed by atoms with E-state index in [4.69, 9.17) is 4.74 Å². The van der Waals surface area contributed by atoms with Gasteiger partial charge in [0.25, 0.3) is 0 Å². The molecule has 1 unspecified atom stereocenters. The number of urea groups is 1. The van der Waals surface area contributed by atoms with Gasteiger partial charge in [0, 0.05) is 51.6 Å². The van der Waals surface area contributed by atoms with Gasteiger partial charge >= 0.3 is 12.1 Å². The third-order valence-electron chi connectivity index (χ3n) is 6.56. The number of nitrogens with one attached hydrogen (secondary N) is 1. The second kappa shape index (κ2) is 7.50. The molecule has 0 aromatic rings. The van der Waals surface area contributed by atoms with Gasteiger partial charge in [0.15, 0.2) is 0 Å². The summed E-state index contributed by atoms with van der Waals surface area (Å²) < 4.78 is 5.48. The van der Waals surface area contributed by atoms with E-state index < -0.39 is 5.60 Å². The summed E-state index contributed by atoms with van der Waals surface area (Å²) in [4.78, 5) is 32.7. The highest BCUT2D eigenvalue weighted by Gasteiger charge is 2.55. The maximum Gasteiger partial charge on any atom is 0.410 e. The van der Waals surface area contributed by atoms with Crippen molar-refractivity contribution in [3.63, 3.8) is 0 Å². The molecule has 1 atom stereocenters. The zero-order chi connectivity index (χ0) is 20.6. The van der Waals surface area contributed by atoms with Crippen LogP contribution in [0.15, 0.2) is 28.4 Å². The van der Waals surface area contributed by atoms with Crippen LogP contribution in [0.3, 0.4) is 0 Å².